The number of fused-ring (bicyclic) bond motifs is 1. The molecule has 2 heterocycles. The van der Waals surface area contributed by atoms with Gasteiger partial charge in [0, 0.05) is 31.4 Å². The number of imidazole rings is 1. The van der Waals surface area contributed by atoms with Gasteiger partial charge in [-0.25, -0.2) is 4.98 Å². The Morgan fingerprint density at radius 1 is 0.870 bits per heavy atom. The fourth-order valence-electron chi connectivity index (χ4n) is 5.87. The molecule has 0 saturated carbocycles. The normalized spacial score (nSPS) is 18.0. The van der Waals surface area contributed by atoms with E-state index in [2.05, 4.69) is 20.9 Å². The highest BCUT2D eigenvalue weighted by Crippen LogP contribution is 2.39. The minimum atomic E-state index is -0.903. The van der Waals surface area contributed by atoms with Gasteiger partial charge in [-0.3, -0.25) is 9.59 Å². The summed E-state index contributed by atoms with van der Waals surface area (Å²) in [5.41, 5.74) is 7.72. The molecule has 0 radical (unpaired) electrons. The number of para-hydroxylation sites is 2. The molecule has 9 nitrogen and oxygen atoms in total. The molecule has 46 heavy (non-hydrogen) atoms. The zero-order valence-electron chi connectivity index (χ0n) is 25.4. The lowest BCUT2D eigenvalue weighted by atomic mass is 9.97. The third kappa shape index (κ3) is 7.51. The topological polar surface area (TPSA) is 123 Å². The van der Waals surface area contributed by atoms with Crippen LogP contribution in [0.5, 0.6) is 0 Å². The average molecular weight is 620 g/mol. The Morgan fingerprint density at radius 2 is 1.61 bits per heavy atom. The van der Waals surface area contributed by atoms with Crippen LogP contribution in [-0.2, 0) is 38.8 Å². The van der Waals surface area contributed by atoms with E-state index in [-0.39, 0.29) is 37.6 Å². The van der Waals surface area contributed by atoms with Crippen molar-refractivity contribution in [3.05, 3.63) is 126 Å². The minimum absolute atomic E-state index is 0.0114. The highest BCUT2D eigenvalue weighted by molar-refractivity contribution is 5.77. The van der Waals surface area contributed by atoms with Crippen LogP contribution in [0.25, 0.3) is 22.2 Å². The molecule has 1 saturated heterocycles. The zero-order chi connectivity index (χ0) is 31.9. The van der Waals surface area contributed by atoms with E-state index in [9.17, 15) is 14.7 Å². The monoisotopic (exact) mass is 619 g/mol. The number of aliphatic hydroxyl groups excluding tert-OH is 1. The van der Waals surface area contributed by atoms with E-state index in [1.807, 2.05) is 97.3 Å². The third-order valence-corrected chi connectivity index (χ3v) is 8.32. The molecule has 0 spiro atoms. The average Bonchev–Trinajstić information content (AvgIpc) is 3.49. The van der Waals surface area contributed by atoms with Crippen molar-refractivity contribution >= 4 is 22.9 Å². The van der Waals surface area contributed by atoms with Crippen molar-refractivity contribution in [2.45, 2.75) is 63.9 Å². The van der Waals surface area contributed by atoms with E-state index in [1.54, 1.807) is 0 Å². The summed E-state index contributed by atoms with van der Waals surface area (Å²) in [6.45, 7) is 0.960. The van der Waals surface area contributed by atoms with Crippen LogP contribution in [0.4, 0.5) is 0 Å². The van der Waals surface area contributed by atoms with E-state index in [0.717, 1.165) is 44.4 Å². The van der Waals surface area contributed by atoms with Gasteiger partial charge in [0.1, 0.15) is 0 Å². The number of hydrogen-bond donors (Lipinski definition) is 3. The predicted molar refractivity (Wildman–Crippen MR) is 173 cm³/mol. The molecule has 9 heteroatoms. The Labute approximate surface area is 267 Å². The van der Waals surface area contributed by atoms with Crippen molar-refractivity contribution < 1.29 is 29.3 Å². The number of carboxylic acid groups (broad SMARTS) is 1. The predicted octanol–water partition coefficient (Wildman–Crippen LogP) is 6.31. The number of benzene rings is 4. The second kappa shape index (κ2) is 14.5. The van der Waals surface area contributed by atoms with Crippen LogP contribution in [0, 0.1) is 0 Å². The molecule has 6 rings (SSSR count). The van der Waals surface area contributed by atoms with E-state index in [0.29, 0.717) is 25.9 Å². The molecule has 3 atom stereocenters. The number of aromatic nitrogens is 2. The van der Waals surface area contributed by atoms with Crippen molar-refractivity contribution in [3.8, 4) is 11.1 Å². The number of amides is 1. The van der Waals surface area contributed by atoms with Gasteiger partial charge < -0.3 is 29.6 Å². The molecular formula is C37H37N3O6. The number of rotatable bonds is 12. The number of ether oxygens (including phenoxy) is 2. The Hall–Kier alpha value is -4.83. The molecule has 1 aromatic heterocycles. The number of nitrogens with one attached hydrogen (secondary N) is 1. The van der Waals surface area contributed by atoms with Crippen LogP contribution < -0.4 is 5.32 Å². The van der Waals surface area contributed by atoms with E-state index in [1.165, 1.54) is 0 Å². The molecule has 236 valence electrons. The molecule has 1 fully saturated rings. The Bertz CT molecular complexity index is 1780. The Kier molecular flexibility index (Phi) is 9.83. The number of carboxylic acids is 1. The highest BCUT2D eigenvalue weighted by Gasteiger charge is 2.32. The largest absolute Gasteiger partial charge is 0.481 e. The summed E-state index contributed by atoms with van der Waals surface area (Å²) in [6.07, 6.45) is 2.04. The smallest absolute Gasteiger partial charge is 0.303 e. The number of aliphatic carboxylic acids is 1. The van der Waals surface area contributed by atoms with Gasteiger partial charge in [0.15, 0.2) is 6.29 Å². The third-order valence-electron chi connectivity index (χ3n) is 8.32. The fourth-order valence-corrected chi connectivity index (χ4v) is 5.87. The van der Waals surface area contributed by atoms with Crippen molar-refractivity contribution in [2.24, 2.45) is 0 Å². The number of carbonyl (C=O) groups excluding carboxylic acids is 1. The first-order valence-corrected chi connectivity index (χ1v) is 15.5. The van der Waals surface area contributed by atoms with Gasteiger partial charge in [-0.15, -0.1) is 0 Å². The van der Waals surface area contributed by atoms with E-state index in [4.69, 9.17) is 14.6 Å². The quantitative estimate of drug-likeness (QED) is 0.150. The molecule has 1 aliphatic heterocycles. The summed E-state index contributed by atoms with van der Waals surface area (Å²) >= 11 is 0. The number of nitrogens with zero attached hydrogens (tertiary/aromatic N) is 2. The second-order valence-electron chi connectivity index (χ2n) is 11.5. The summed E-state index contributed by atoms with van der Waals surface area (Å²) in [6, 6.07) is 31.9. The van der Waals surface area contributed by atoms with Gasteiger partial charge >= 0.3 is 5.97 Å². The van der Waals surface area contributed by atoms with Crippen molar-refractivity contribution in [2.75, 3.05) is 0 Å². The summed E-state index contributed by atoms with van der Waals surface area (Å²) < 4.78 is 15.3. The number of hydrogen-bond acceptors (Lipinski definition) is 6. The highest BCUT2D eigenvalue weighted by atomic mass is 16.7. The summed E-state index contributed by atoms with van der Waals surface area (Å²) in [4.78, 5) is 27.6. The Balaban J connectivity index is 1.20. The minimum Gasteiger partial charge on any atom is -0.481 e. The summed E-state index contributed by atoms with van der Waals surface area (Å²) in [5, 5.41) is 21.3. The maximum absolute atomic E-state index is 12.3. The SMILES string of the molecule is O=C(O)CCCC(=O)NCc1ccccc1-c1ccc([C@@H]2O[C@H](Cn3cnc4ccccc43)C[C@H](c3ccc(CO)cc3)O2)cc1. The van der Waals surface area contributed by atoms with Gasteiger partial charge in [-0.2, -0.15) is 0 Å². The lowest BCUT2D eigenvalue weighted by Crippen LogP contribution is -2.32. The van der Waals surface area contributed by atoms with E-state index < -0.39 is 12.3 Å². The van der Waals surface area contributed by atoms with Gasteiger partial charge in [0.25, 0.3) is 0 Å². The van der Waals surface area contributed by atoms with Crippen LogP contribution in [-0.4, -0.2) is 37.7 Å². The van der Waals surface area contributed by atoms with Crippen LogP contribution in [0.2, 0.25) is 0 Å². The van der Waals surface area contributed by atoms with Crippen molar-refractivity contribution in [3.63, 3.8) is 0 Å². The number of aliphatic hydroxyl groups is 1. The zero-order valence-corrected chi connectivity index (χ0v) is 25.4. The first kappa shape index (κ1) is 31.2. The van der Waals surface area contributed by atoms with Gasteiger partial charge in [0.05, 0.1) is 42.7 Å². The molecule has 1 amide bonds. The van der Waals surface area contributed by atoms with E-state index >= 15 is 0 Å². The van der Waals surface area contributed by atoms with Gasteiger partial charge in [0.2, 0.25) is 5.91 Å². The van der Waals surface area contributed by atoms with Crippen LogP contribution >= 0.6 is 0 Å². The van der Waals surface area contributed by atoms with Gasteiger partial charge in [-0.1, -0.05) is 84.9 Å². The molecule has 3 N–H and O–H groups in total. The molecule has 4 aromatic carbocycles. The molecular weight excluding hydrogens is 582 g/mol. The maximum atomic E-state index is 12.3. The standard InChI is InChI=1S/C37H37N3O6/c41-23-25-12-14-27(15-13-25)34-20-30(22-40-24-39-32-8-3-4-9-33(32)40)45-37(46-34)28-18-16-26(17-19-28)31-7-2-1-6-29(31)21-38-35(42)10-5-11-36(43)44/h1-4,6-9,12-19,24,30,34,37,41H,5,10-11,20-23H2,(H,38,42)(H,43,44)/t30-,34+,37+/m0/s1. The summed E-state index contributed by atoms with van der Waals surface area (Å²) in [7, 11) is 0. The molecule has 0 unspecified atom stereocenters. The Morgan fingerprint density at radius 3 is 2.39 bits per heavy atom. The fraction of sp³-hybridized carbons (Fsp3) is 0.270. The first-order chi connectivity index (χ1) is 22.5. The molecule has 0 bridgehead atoms. The first-order valence-electron chi connectivity index (χ1n) is 15.5. The van der Waals surface area contributed by atoms with Crippen LogP contribution in [0.15, 0.2) is 103 Å². The van der Waals surface area contributed by atoms with Crippen molar-refractivity contribution in [1.82, 2.24) is 14.9 Å². The van der Waals surface area contributed by atoms with Gasteiger partial charge in [-0.05, 0) is 46.4 Å². The maximum Gasteiger partial charge on any atom is 0.303 e. The molecule has 5 aromatic rings. The van der Waals surface area contributed by atoms with Crippen LogP contribution in [0.1, 0.15) is 60.3 Å². The second-order valence-corrected chi connectivity index (χ2v) is 11.5. The molecule has 1 aliphatic rings. The lowest BCUT2D eigenvalue weighted by molar-refractivity contribution is -0.252. The lowest BCUT2D eigenvalue weighted by Gasteiger charge is -2.36. The van der Waals surface area contributed by atoms with Crippen molar-refractivity contribution in [1.29, 1.82) is 0 Å². The summed E-state index contributed by atoms with van der Waals surface area (Å²) in [5.74, 6) is -1.07. The number of carbonyl (C=O) groups is 2. The molecule has 0 aliphatic carbocycles. The van der Waals surface area contributed by atoms with Crippen LogP contribution in [0.3, 0.4) is 0 Å².